The predicted octanol–water partition coefficient (Wildman–Crippen LogP) is 5.98. The summed E-state index contributed by atoms with van der Waals surface area (Å²) in [5.41, 5.74) is 3.27. The van der Waals surface area contributed by atoms with Crippen molar-refractivity contribution in [3.8, 4) is 21.8 Å². The molecule has 0 fully saturated rings. The van der Waals surface area contributed by atoms with E-state index in [-0.39, 0.29) is 18.0 Å². The summed E-state index contributed by atoms with van der Waals surface area (Å²) in [6.45, 7) is 5.55. The van der Waals surface area contributed by atoms with Crippen LogP contribution in [-0.4, -0.2) is 25.0 Å². The molecule has 0 aliphatic carbocycles. The van der Waals surface area contributed by atoms with E-state index in [1.807, 2.05) is 66.0 Å². The molecule has 0 aliphatic heterocycles. The number of sulfonamides is 1. The zero-order valence-corrected chi connectivity index (χ0v) is 22.5. The van der Waals surface area contributed by atoms with Crippen LogP contribution < -0.4 is 10.0 Å². The monoisotopic (exact) mass is 535 g/mol. The average Bonchev–Trinajstić information content (AvgIpc) is 3.36. The molecule has 0 atom stereocenters. The molecule has 2 N–H and O–H groups in total. The lowest BCUT2D eigenvalue weighted by Gasteiger charge is -2.21. The molecule has 9 heteroatoms. The van der Waals surface area contributed by atoms with Gasteiger partial charge in [-0.3, -0.25) is 0 Å². The Balaban J connectivity index is 1.60. The molecule has 7 nitrogen and oxygen atoms in total. The van der Waals surface area contributed by atoms with Crippen molar-refractivity contribution in [2.75, 3.05) is 0 Å². The van der Waals surface area contributed by atoms with Crippen LogP contribution in [0, 0.1) is 0 Å². The number of nitrogens with zero attached hydrogens (tertiary/aromatic N) is 1. The van der Waals surface area contributed by atoms with E-state index in [1.54, 1.807) is 39.0 Å². The van der Waals surface area contributed by atoms with Crippen LogP contribution in [0.15, 0.2) is 89.1 Å². The number of benzene rings is 3. The van der Waals surface area contributed by atoms with E-state index in [4.69, 9.17) is 9.72 Å². The normalized spacial score (nSPS) is 11.8. The van der Waals surface area contributed by atoms with E-state index in [9.17, 15) is 13.2 Å². The van der Waals surface area contributed by atoms with E-state index in [1.165, 1.54) is 11.3 Å². The SMILES string of the molecule is CC(C)(C)NS(=O)(=O)c1ccc(-c2csc(-c3ccccc3)n2)c(CNC(=O)OCc2ccccc2)c1. The fourth-order valence-corrected chi connectivity index (χ4v) is 5.94. The Labute approximate surface area is 221 Å². The lowest BCUT2D eigenvalue weighted by molar-refractivity contribution is 0.139. The van der Waals surface area contributed by atoms with Gasteiger partial charge in [-0.25, -0.2) is 22.9 Å². The summed E-state index contributed by atoms with van der Waals surface area (Å²) in [4.78, 5) is 17.3. The second-order valence-electron chi connectivity index (χ2n) is 9.49. The molecular formula is C28H29N3O4S2. The van der Waals surface area contributed by atoms with Crippen LogP contribution in [0.1, 0.15) is 31.9 Å². The van der Waals surface area contributed by atoms with Crippen molar-refractivity contribution in [3.63, 3.8) is 0 Å². The minimum absolute atomic E-state index is 0.0695. The zero-order chi connectivity index (χ0) is 26.5. The number of rotatable bonds is 8. The molecule has 1 amide bonds. The number of thiazole rings is 1. The highest BCUT2D eigenvalue weighted by Gasteiger charge is 2.23. The van der Waals surface area contributed by atoms with Crippen LogP contribution in [0.25, 0.3) is 21.8 Å². The number of alkyl carbamates (subject to hydrolysis) is 1. The van der Waals surface area contributed by atoms with Crippen molar-refractivity contribution in [1.82, 2.24) is 15.0 Å². The molecule has 0 bridgehead atoms. The van der Waals surface area contributed by atoms with Gasteiger partial charge < -0.3 is 10.1 Å². The van der Waals surface area contributed by atoms with Gasteiger partial charge in [-0.15, -0.1) is 11.3 Å². The first-order chi connectivity index (χ1) is 17.6. The second kappa shape index (κ2) is 11.2. The highest BCUT2D eigenvalue weighted by molar-refractivity contribution is 7.89. The molecule has 0 aliphatic rings. The number of nitrogens with one attached hydrogen (secondary N) is 2. The number of ether oxygens (including phenoxy) is 1. The van der Waals surface area contributed by atoms with Gasteiger partial charge in [-0.05, 0) is 44.0 Å². The van der Waals surface area contributed by atoms with Gasteiger partial charge >= 0.3 is 6.09 Å². The maximum Gasteiger partial charge on any atom is 0.407 e. The third-order valence-electron chi connectivity index (χ3n) is 5.26. The minimum Gasteiger partial charge on any atom is -0.445 e. The fraction of sp³-hybridized carbons (Fsp3) is 0.214. The lowest BCUT2D eigenvalue weighted by Crippen LogP contribution is -2.40. The molecule has 1 heterocycles. The number of hydrogen-bond donors (Lipinski definition) is 2. The number of hydrogen-bond acceptors (Lipinski definition) is 6. The first-order valence-corrected chi connectivity index (χ1v) is 14.1. The molecule has 0 spiro atoms. The summed E-state index contributed by atoms with van der Waals surface area (Å²) in [5, 5.41) is 5.52. The van der Waals surface area contributed by atoms with Gasteiger partial charge in [0.15, 0.2) is 0 Å². The van der Waals surface area contributed by atoms with Crippen molar-refractivity contribution in [2.45, 2.75) is 44.4 Å². The smallest absolute Gasteiger partial charge is 0.407 e. The zero-order valence-electron chi connectivity index (χ0n) is 20.9. The van der Waals surface area contributed by atoms with Crippen LogP contribution in [0.5, 0.6) is 0 Å². The van der Waals surface area contributed by atoms with Crippen molar-refractivity contribution in [3.05, 3.63) is 95.4 Å². The molecule has 0 radical (unpaired) electrons. The molecule has 0 unspecified atom stereocenters. The van der Waals surface area contributed by atoms with E-state index in [2.05, 4.69) is 10.0 Å². The molecule has 0 saturated carbocycles. The summed E-state index contributed by atoms with van der Waals surface area (Å²) in [5.74, 6) is 0. The fourth-order valence-electron chi connectivity index (χ4n) is 3.65. The van der Waals surface area contributed by atoms with Gasteiger partial charge in [0.1, 0.15) is 11.6 Å². The largest absolute Gasteiger partial charge is 0.445 e. The molecule has 4 aromatic rings. The minimum atomic E-state index is -3.77. The third kappa shape index (κ3) is 7.25. The van der Waals surface area contributed by atoms with Gasteiger partial charge in [0.2, 0.25) is 10.0 Å². The molecule has 3 aromatic carbocycles. The predicted molar refractivity (Wildman–Crippen MR) is 147 cm³/mol. The summed E-state index contributed by atoms with van der Waals surface area (Å²) in [6, 6.07) is 24.1. The van der Waals surface area contributed by atoms with E-state index in [0.717, 1.165) is 21.7 Å². The molecule has 1 aromatic heterocycles. The number of carbonyl (C=O) groups excluding carboxylic acids is 1. The lowest BCUT2D eigenvalue weighted by atomic mass is 10.1. The van der Waals surface area contributed by atoms with Crippen LogP contribution in [0.3, 0.4) is 0 Å². The van der Waals surface area contributed by atoms with Gasteiger partial charge in [0, 0.05) is 28.6 Å². The summed E-state index contributed by atoms with van der Waals surface area (Å²) < 4.78 is 34.0. The highest BCUT2D eigenvalue weighted by atomic mass is 32.2. The quantitative estimate of drug-likeness (QED) is 0.289. The number of amides is 1. The summed E-state index contributed by atoms with van der Waals surface area (Å²) in [7, 11) is -3.77. The standard InChI is InChI=1S/C28H29N3O4S2/c1-28(2,3)31-37(33,34)23-14-15-24(25-19-36-26(30-25)21-12-8-5-9-13-21)22(16-23)17-29-27(32)35-18-20-10-6-4-7-11-20/h4-16,19,31H,17-18H2,1-3H3,(H,29,32). The highest BCUT2D eigenvalue weighted by Crippen LogP contribution is 2.32. The first kappa shape index (κ1) is 26.5. The van der Waals surface area contributed by atoms with Crippen LogP contribution in [0.2, 0.25) is 0 Å². The maximum absolute atomic E-state index is 13.0. The number of aromatic nitrogens is 1. The summed E-state index contributed by atoms with van der Waals surface area (Å²) >= 11 is 1.50. The topological polar surface area (TPSA) is 97.4 Å². The van der Waals surface area contributed by atoms with Crippen molar-refractivity contribution in [2.24, 2.45) is 0 Å². The van der Waals surface area contributed by atoms with E-state index >= 15 is 0 Å². The Bertz CT molecular complexity index is 1460. The van der Waals surface area contributed by atoms with Crippen LogP contribution in [0.4, 0.5) is 4.79 Å². The van der Waals surface area contributed by atoms with E-state index < -0.39 is 21.7 Å². The Morgan fingerprint density at radius 3 is 2.32 bits per heavy atom. The van der Waals surface area contributed by atoms with Crippen molar-refractivity contribution >= 4 is 27.5 Å². The number of carbonyl (C=O) groups is 1. The molecular weight excluding hydrogens is 506 g/mol. The Hall–Kier alpha value is -3.53. The van der Waals surface area contributed by atoms with Crippen molar-refractivity contribution < 1.29 is 17.9 Å². The van der Waals surface area contributed by atoms with Crippen molar-refractivity contribution in [1.29, 1.82) is 0 Å². The van der Waals surface area contributed by atoms with E-state index in [0.29, 0.717) is 11.3 Å². The maximum atomic E-state index is 13.0. The van der Waals surface area contributed by atoms with Crippen LogP contribution >= 0.6 is 11.3 Å². The Morgan fingerprint density at radius 1 is 0.973 bits per heavy atom. The van der Waals surface area contributed by atoms with Gasteiger partial charge in [-0.2, -0.15) is 0 Å². The van der Waals surface area contributed by atoms with Gasteiger partial charge in [0.05, 0.1) is 10.6 Å². The average molecular weight is 536 g/mol. The molecule has 37 heavy (non-hydrogen) atoms. The van der Waals surface area contributed by atoms with Gasteiger partial charge in [0.25, 0.3) is 0 Å². The molecule has 192 valence electrons. The molecule has 0 saturated heterocycles. The molecule has 4 rings (SSSR count). The third-order valence-corrected chi connectivity index (χ3v) is 7.91. The van der Waals surface area contributed by atoms with Crippen LogP contribution in [-0.2, 0) is 27.9 Å². The Morgan fingerprint density at radius 2 is 1.65 bits per heavy atom. The van der Waals surface area contributed by atoms with Gasteiger partial charge in [-0.1, -0.05) is 66.7 Å². The Kier molecular flexibility index (Phi) is 8.06. The second-order valence-corrected chi connectivity index (χ2v) is 12.0. The summed E-state index contributed by atoms with van der Waals surface area (Å²) in [6.07, 6.45) is -0.598. The first-order valence-electron chi connectivity index (χ1n) is 11.7.